The molecule has 0 heterocycles. The first-order valence-electron chi connectivity index (χ1n) is 7.25. The van der Waals surface area contributed by atoms with Crippen LogP contribution in [0.1, 0.15) is 17.3 Å². The molecule has 0 atom stereocenters. The highest BCUT2D eigenvalue weighted by molar-refractivity contribution is 6.03. The molecule has 128 valence electrons. The molecule has 0 radical (unpaired) electrons. The lowest BCUT2D eigenvalue weighted by molar-refractivity contribution is -0.113. The number of carbonyl (C=O) groups is 2. The molecule has 25 heavy (non-hydrogen) atoms. The number of nitrogens with two attached hydrogens (primary N) is 2. The van der Waals surface area contributed by atoms with Crippen LogP contribution in [0.15, 0.2) is 70.2 Å². The molecule has 2 aromatic carbocycles. The molecule has 2 aromatic rings. The number of hydrogen-bond donors (Lipinski definition) is 4. The zero-order valence-electron chi connectivity index (χ0n) is 13.4. The van der Waals surface area contributed by atoms with Gasteiger partial charge < -0.3 is 21.9 Å². The number of aliphatic hydroxyl groups excluding tert-OH is 1. The fourth-order valence-electron chi connectivity index (χ4n) is 1.89. The maximum atomic E-state index is 12.2. The minimum absolute atomic E-state index is 0.249. The van der Waals surface area contributed by atoms with Gasteiger partial charge in [0.15, 0.2) is 5.70 Å². The Labute approximate surface area is 143 Å². The van der Waals surface area contributed by atoms with Crippen LogP contribution in [-0.2, 0) is 4.79 Å². The van der Waals surface area contributed by atoms with E-state index < -0.39 is 11.8 Å². The standard InChI is InChI=1S/C17H17N5O3/c1-10(23)15(17(25)20-14-4-2-3-12(18)9-14)22-21-13-7-5-11(6-8-13)16(19)24/h2-9,23H,18H2,1H3,(H2,19,24)(H,20,25). The molecule has 0 unspecified atom stereocenters. The lowest BCUT2D eigenvalue weighted by Gasteiger charge is -2.06. The number of nitrogens with zero attached hydrogens (tertiary/aromatic N) is 2. The number of nitrogens with one attached hydrogen (secondary N) is 1. The Morgan fingerprint density at radius 1 is 1.12 bits per heavy atom. The summed E-state index contributed by atoms with van der Waals surface area (Å²) in [4.78, 5) is 23.3. The summed E-state index contributed by atoms with van der Waals surface area (Å²) in [5.74, 6) is -1.49. The molecular weight excluding hydrogens is 322 g/mol. The molecular formula is C17H17N5O3. The topological polar surface area (TPSA) is 143 Å². The minimum atomic E-state index is -0.636. The second-order valence-electron chi connectivity index (χ2n) is 5.12. The van der Waals surface area contributed by atoms with Crippen molar-refractivity contribution in [2.45, 2.75) is 6.92 Å². The van der Waals surface area contributed by atoms with Gasteiger partial charge in [0, 0.05) is 16.9 Å². The van der Waals surface area contributed by atoms with E-state index in [1.54, 1.807) is 24.3 Å². The number of nitrogen functional groups attached to an aromatic ring is 1. The van der Waals surface area contributed by atoms with E-state index in [2.05, 4.69) is 15.5 Å². The fraction of sp³-hybridized carbons (Fsp3) is 0.0588. The molecule has 8 heteroatoms. The van der Waals surface area contributed by atoms with Gasteiger partial charge in [-0.15, -0.1) is 5.11 Å². The lowest BCUT2D eigenvalue weighted by Crippen LogP contribution is -2.14. The number of anilines is 2. The van der Waals surface area contributed by atoms with Gasteiger partial charge in [-0.1, -0.05) is 6.07 Å². The average Bonchev–Trinajstić information content (AvgIpc) is 2.55. The Morgan fingerprint density at radius 2 is 1.80 bits per heavy atom. The van der Waals surface area contributed by atoms with E-state index >= 15 is 0 Å². The highest BCUT2D eigenvalue weighted by Gasteiger charge is 2.13. The summed E-state index contributed by atoms with van der Waals surface area (Å²) in [5, 5.41) is 19.9. The molecule has 0 aliphatic heterocycles. The maximum absolute atomic E-state index is 12.2. The van der Waals surface area contributed by atoms with E-state index in [0.717, 1.165) is 0 Å². The van der Waals surface area contributed by atoms with E-state index in [1.165, 1.54) is 31.2 Å². The van der Waals surface area contributed by atoms with Gasteiger partial charge in [0.25, 0.3) is 5.91 Å². The van der Waals surface area contributed by atoms with E-state index in [0.29, 0.717) is 22.6 Å². The van der Waals surface area contributed by atoms with Gasteiger partial charge >= 0.3 is 0 Å². The number of benzene rings is 2. The number of amides is 2. The number of primary amides is 1. The molecule has 0 spiro atoms. The first-order valence-corrected chi connectivity index (χ1v) is 7.25. The van der Waals surface area contributed by atoms with Gasteiger partial charge in [-0.25, -0.2) is 0 Å². The van der Waals surface area contributed by atoms with Gasteiger partial charge in [0.05, 0.1) is 5.69 Å². The molecule has 0 aliphatic rings. The van der Waals surface area contributed by atoms with Crippen molar-refractivity contribution in [2.75, 3.05) is 11.1 Å². The Morgan fingerprint density at radius 3 is 2.36 bits per heavy atom. The molecule has 2 rings (SSSR count). The number of azo groups is 1. The SMILES string of the molecule is CC(O)=C(N=Nc1ccc(C(N)=O)cc1)C(=O)Nc1cccc(N)c1. The molecule has 6 N–H and O–H groups in total. The summed E-state index contributed by atoms with van der Waals surface area (Å²) in [6, 6.07) is 12.6. The van der Waals surface area contributed by atoms with Crippen LogP contribution in [-0.4, -0.2) is 16.9 Å². The van der Waals surface area contributed by atoms with Crippen molar-refractivity contribution in [3.8, 4) is 0 Å². The van der Waals surface area contributed by atoms with Crippen molar-refractivity contribution in [3.63, 3.8) is 0 Å². The average molecular weight is 339 g/mol. The summed E-state index contributed by atoms with van der Waals surface area (Å²) in [7, 11) is 0. The number of aliphatic hydroxyl groups is 1. The zero-order chi connectivity index (χ0) is 18.4. The highest BCUT2D eigenvalue weighted by atomic mass is 16.3. The summed E-state index contributed by atoms with van der Waals surface area (Å²) in [6.07, 6.45) is 0. The Balaban J connectivity index is 2.16. The van der Waals surface area contributed by atoms with E-state index in [9.17, 15) is 14.7 Å². The second-order valence-corrected chi connectivity index (χ2v) is 5.12. The Bertz CT molecular complexity index is 853. The van der Waals surface area contributed by atoms with Crippen LogP contribution in [0, 0.1) is 0 Å². The number of carbonyl (C=O) groups excluding carboxylic acids is 2. The zero-order valence-corrected chi connectivity index (χ0v) is 13.4. The van der Waals surface area contributed by atoms with Crippen LogP contribution in [0.2, 0.25) is 0 Å². The molecule has 0 bridgehead atoms. The summed E-state index contributed by atoms with van der Waals surface area (Å²) >= 11 is 0. The van der Waals surface area contributed by atoms with Crippen LogP contribution in [0.25, 0.3) is 0 Å². The van der Waals surface area contributed by atoms with E-state index in [-0.39, 0.29) is 11.5 Å². The van der Waals surface area contributed by atoms with E-state index in [4.69, 9.17) is 11.5 Å². The van der Waals surface area contributed by atoms with Gasteiger partial charge in [-0.2, -0.15) is 5.11 Å². The first-order chi connectivity index (χ1) is 11.9. The third kappa shape index (κ3) is 4.90. The second kappa shape index (κ2) is 7.73. The van der Waals surface area contributed by atoms with Crippen LogP contribution in [0.3, 0.4) is 0 Å². The highest BCUT2D eigenvalue weighted by Crippen LogP contribution is 2.18. The smallest absolute Gasteiger partial charge is 0.279 e. The van der Waals surface area contributed by atoms with Crippen molar-refractivity contribution in [1.29, 1.82) is 0 Å². The molecule has 0 fully saturated rings. The van der Waals surface area contributed by atoms with Crippen LogP contribution >= 0.6 is 0 Å². The normalized spacial score (nSPS) is 11.9. The first kappa shape index (κ1) is 17.7. The molecule has 2 amide bonds. The maximum Gasteiger partial charge on any atom is 0.279 e. The van der Waals surface area contributed by atoms with Crippen molar-refractivity contribution >= 4 is 28.9 Å². The predicted molar refractivity (Wildman–Crippen MR) is 94.3 cm³/mol. The minimum Gasteiger partial charge on any atom is -0.510 e. The Hall–Kier alpha value is -3.68. The third-order valence-electron chi connectivity index (χ3n) is 3.12. The third-order valence-corrected chi connectivity index (χ3v) is 3.12. The molecule has 8 nitrogen and oxygen atoms in total. The lowest BCUT2D eigenvalue weighted by atomic mass is 10.2. The van der Waals surface area contributed by atoms with Gasteiger partial charge in [0.2, 0.25) is 5.91 Å². The Kier molecular flexibility index (Phi) is 5.47. The monoisotopic (exact) mass is 339 g/mol. The van der Waals surface area contributed by atoms with E-state index in [1.807, 2.05) is 0 Å². The fourth-order valence-corrected chi connectivity index (χ4v) is 1.89. The van der Waals surface area contributed by atoms with Gasteiger partial charge in [-0.3, -0.25) is 9.59 Å². The molecule has 0 saturated carbocycles. The number of allylic oxidation sites excluding steroid dienone is 1. The van der Waals surface area contributed by atoms with Gasteiger partial charge in [0.1, 0.15) is 5.76 Å². The van der Waals surface area contributed by atoms with Crippen LogP contribution in [0.5, 0.6) is 0 Å². The van der Waals surface area contributed by atoms with Gasteiger partial charge in [-0.05, 0) is 49.4 Å². The van der Waals surface area contributed by atoms with Crippen LogP contribution < -0.4 is 16.8 Å². The summed E-state index contributed by atoms with van der Waals surface area (Å²) in [6.45, 7) is 1.32. The summed E-state index contributed by atoms with van der Waals surface area (Å²) in [5.41, 5.74) is 12.2. The van der Waals surface area contributed by atoms with Crippen molar-refractivity contribution in [1.82, 2.24) is 0 Å². The predicted octanol–water partition coefficient (Wildman–Crippen LogP) is 2.88. The summed E-state index contributed by atoms with van der Waals surface area (Å²) < 4.78 is 0. The molecule has 0 aromatic heterocycles. The quantitative estimate of drug-likeness (QED) is 0.287. The number of hydrogen-bond acceptors (Lipinski definition) is 6. The van der Waals surface area contributed by atoms with Crippen molar-refractivity contribution in [3.05, 3.63) is 65.6 Å². The molecule has 0 saturated heterocycles. The van der Waals surface area contributed by atoms with Crippen molar-refractivity contribution < 1.29 is 14.7 Å². The largest absolute Gasteiger partial charge is 0.510 e. The van der Waals surface area contributed by atoms with Crippen molar-refractivity contribution in [2.24, 2.45) is 16.0 Å². The number of rotatable bonds is 5. The molecule has 0 aliphatic carbocycles. The van der Waals surface area contributed by atoms with Crippen LogP contribution in [0.4, 0.5) is 17.1 Å².